The van der Waals surface area contributed by atoms with Gasteiger partial charge < -0.3 is 37.0 Å². The van der Waals surface area contributed by atoms with Crippen molar-refractivity contribution < 1.29 is 39.3 Å². The maximum atomic E-state index is 13.1. The summed E-state index contributed by atoms with van der Waals surface area (Å²) in [6.45, 7) is 3.25. The first-order chi connectivity index (χ1) is 16.3. The second-order valence-electron chi connectivity index (χ2n) is 8.28. The second kappa shape index (κ2) is 14.2. The summed E-state index contributed by atoms with van der Waals surface area (Å²) in [5.74, 6) is -5.22. The summed E-state index contributed by atoms with van der Waals surface area (Å²) >= 11 is 3.98. The molecule has 0 spiro atoms. The standard InChI is InChI=1S/C22H32N4O8S/c1-11(2)18(21(32)24-15(22(33)34)7-8-17(28)29)26-20(31)16(25-19(30)14(23)10-35)9-12-3-5-13(27)6-4-12/h3-6,11,14-16,18,27,35H,7-10,23H2,1-2H3,(H,24,32)(H,25,30)(H,26,31)(H,28,29)(H,33,34). The van der Waals surface area contributed by atoms with Crippen molar-refractivity contribution in [2.24, 2.45) is 11.7 Å². The first kappa shape index (κ1) is 29.7. The zero-order chi connectivity index (χ0) is 26.7. The summed E-state index contributed by atoms with van der Waals surface area (Å²) in [4.78, 5) is 60.4. The largest absolute Gasteiger partial charge is 0.508 e. The molecule has 13 heteroatoms. The van der Waals surface area contributed by atoms with Crippen LogP contribution in [0.25, 0.3) is 0 Å². The van der Waals surface area contributed by atoms with E-state index in [0.717, 1.165) is 0 Å². The molecule has 0 aliphatic rings. The highest BCUT2D eigenvalue weighted by Crippen LogP contribution is 2.12. The van der Waals surface area contributed by atoms with E-state index in [1.165, 1.54) is 12.1 Å². The predicted octanol–water partition coefficient (Wildman–Crippen LogP) is -0.748. The Kier molecular flexibility index (Phi) is 12.0. The Morgan fingerprint density at radius 3 is 1.97 bits per heavy atom. The lowest BCUT2D eigenvalue weighted by atomic mass is 10.00. The smallest absolute Gasteiger partial charge is 0.326 e. The van der Waals surface area contributed by atoms with E-state index in [2.05, 4.69) is 28.6 Å². The van der Waals surface area contributed by atoms with Crippen molar-refractivity contribution in [1.29, 1.82) is 0 Å². The molecule has 0 aromatic heterocycles. The molecule has 0 saturated carbocycles. The van der Waals surface area contributed by atoms with E-state index in [9.17, 15) is 34.2 Å². The second-order valence-corrected chi connectivity index (χ2v) is 8.65. The first-order valence-corrected chi connectivity index (χ1v) is 11.5. The van der Waals surface area contributed by atoms with Crippen molar-refractivity contribution in [3.8, 4) is 5.75 Å². The van der Waals surface area contributed by atoms with Crippen molar-refractivity contribution in [2.45, 2.75) is 57.3 Å². The molecule has 0 aliphatic carbocycles. The fourth-order valence-corrected chi connectivity index (χ4v) is 3.18. The van der Waals surface area contributed by atoms with Gasteiger partial charge in [-0.1, -0.05) is 26.0 Å². The van der Waals surface area contributed by atoms with Crippen LogP contribution in [0.4, 0.5) is 0 Å². The van der Waals surface area contributed by atoms with E-state index in [-0.39, 0.29) is 24.3 Å². The van der Waals surface area contributed by atoms with Crippen LogP contribution in [-0.2, 0) is 30.4 Å². The van der Waals surface area contributed by atoms with Gasteiger partial charge in [0.05, 0.1) is 6.04 Å². The number of thiol groups is 1. The maximum Gasteiger partial charge on any atom is 0.326 e. The number of hydrogen-bond donors (Lipinski definition) is 8. The molecule has 1 aromatic rings. The molecule has 0 aliphatic heterocycles. The summed E-state index contributed by atoms with van der Waals surface area (Å²) in [6, 6.07) is 1.19. The van der Waals surface area contributed by atoms with Gasteiger partial charge in [0.1, 0.15) is 23.9 Å². The van der Waals surface area contributed by atoms with E-state index >= 15 is 0 Å². The Balaban J connectivity index is 3.06. The molecule has 0 fully saturated rings. The zero-order valence-electron chi connectivity index (χ0n) is 19.4. The van der Waals surface area contributed by atoms with Crippen LogP contribution in [-0.4, -0.2) is 74.9 Å². The van der Waals surface area contributed by atoms with Crippen molar-refractivity contribution in [2.75, 3.05) is 5.75 Å². The summed E-state index contributed by atoms with van der Waals surface area (Å²) in [6.07, 6.45) is -0.793. The molecular formula is C22H32N4O8S. The molecule has 3 amide bonds. The minimum Gasteiger partial charge on any atom is -0.508 e. The number of nitrogens with two attached hydrogens (primary N) is 1. The van der Waals surface area contributed by atoms with E-state index in [4.69, 9.17) is 10.8 Å². The average molecular weight is 513 g/mol. The zero-order valence-corrected chi connectivity index (χ0v) is 20.3. The highest BCUT2D eigenvalue weighted by atomic mass is 32.1. The molecular weight excluding hydrogens is 480 g/mol. The van der Waals surface area contributed by atoms with Gasteiger partial charge in [-0.2, -0.15) is 12.6 Å². The number of carbonyl (C=O) groups is 5. The van der Waals surface area contributed by atoms with Crippen LogP contribution in [0, 0.1) is 5.92 Å². The lowest BCUT2D eigenvalue weighted by Gasteiger charge is -2.27. The number of benzene rings is 1. The van der Waals surface area contributed by atoms with E-state index < -0.39 is 66.2 Å². The third-order valence-electron chi connectivity index (χ3n) is 5.05. The number of rotatable bonds is 14. The highest BCUT2D eigenvalue weighted by molar-refractivity contribution is 7.80. The lowest BCUT2D eigenvalue weighted by molar-refractivity contribution is -0.143. The summed E-state index contributed by atoms with van der Waals surface area (Å²) < 4.78 is 0. The summed E-state index contributed by atoms with van der Waals surface area (Å²) in [5.41, 5.74) is 6.30. The van der Waals surface area contributed by atoms with Crippen molar-refractivity contribution >= 4 is 42.3 Å². The molecule has 0 radical (unpaired) electrons. The molecule has 1 rings (SSSR count). The molecule has 4 atom stereocenters. The SMILES string of the molecule is CC(C)C(NC(=O)C(Cc1ccc(O)cc1)NC(=O)C(N)CS)C(=O)NC(CCC(=O)O)C(=O)O. The van der Waals surface area contributed by atoms with E-state index in [0.29, 0.717) is 5.56 Å². The first-order valence-electron chi connectivity index (χ1n) is 10.9. The molecule has 35 heavy (non-hydrogen) atoms. The number of amides is 3. The fourth-order valence-electron chi connectivity index (χ4n) is 3.01. The molecule has 12 nitrogen and oxygen atoms in total. The van der Waals surface area contributed by atoms with Crippen molar-refractivity contribution in [1.82, 2.24) is 16.0 Å². The quantitative estimate of drug-likeness (QED) is 0.147. The topological polar surface area (TPSA) is 208 Å². The van der Waals surface area contributed by atoms with Gasteiger partial charge in [-0.25, -0.2) is 4.79 Å². The number of phenols is 1. The number of nitrogens with one attached hydrogen (secondary N) is 3. The minimum absolute atomic E-state index is 0.0138. The molecule has 0 bridgehead atoms. The van der Waals surface area contributed by atoms with E-state index in [1.807, 2.05) is 0 Å². The Bertz CT molecular complexity index is 909. The third-order valence-corrected chi connectivity index (χ3v) is 5.44. The van der Waals surface area contributed by atoms with Crippen molar-refractivity contribution in [3.63, 3.8) is 0 Å². The number of carboxylic acids is 2. The molecule has 194 valence electrons. The minimum atomic E-state index is -1.46. The monoisotopic (exact) mass is 512 g/mol. The van der Waals surface area contributed by atoms with Crippen molar-refractivity contribution in [3.05, 3.63) is 29.8 Å². The number of hydrogen-bond acceptors (Lipinski definition) is 8. The summed E-state index contributed by atoms with van der Waals surface area (Å²) in [5, 5.41) is 34.9. The number of aliphatic carboxylic acids is 2. The fraction of sp³-hybridized carbons (Fsp3) is 0.500. The molecule has 0 heterocycles. The van der Waals surface area contributed by atoms with Gasteiger partial charge in [0.2, 0.25) is 17.7 Å². The Morgan fingerprint density at radius 2 is 1.49 bits per heavy atom. The third kappa shape index (κ3) is 10.2. The molecule has 8 N–H and O–H groups in total. The van der Waals surface area contributed by atoms with Crippen LogP contribution in [0.15, 0.2) is 24.3 Å². The molecule has 0 saturated heterocycles. The van der Waals surface area contributed by atoms with Crippen LogP contribution in [0.1, 0.15) is 32.3 Å². The van der Waals surface area contributed by atoms with Crippen LogP contribution in [0.2, 0.25) is 0 Å². The maximum absolute atomic E-state index is 13.1. The normalized spacial score (nSPS) is 14.3. The van der Waals surface area contributed by atoms with Gasteiger partial charge in [0.25, 0.3) is 0 Å². The van der Waals surface area contributed by atoms with Gasteiger partial charge in [0.15, 0.2) is 0 Å². The van der Waals surface area contributed by atoms with E-state index in [1.54, 1.807) is 26.0 Å². The van der Waals surface area contributed by atoms with Gasteiger partial charge >= 0.3 is 11.9 Å². The number of phenolic OH excluding ortho intramolecular Hbond substituents is 1. The van der Waals surface area contributed by atoms with Gasteiger partial charge in [-0.05, 0) is 30.0 Å². The Hall–Kier alpha value is -3.32. The molecule has 1 aromatic carbocycles. The summed E-state index contributed by atoms with van der Waals surface area (Å²) in [7, 11) is 0. The predicted molar refractivity (Wildman–Crippen MR) is 129 cm³/mol. The average Bonchev–Trinajstić information content (AvgIpc) is 2.79. The van der Waals surface area contributed by atoms with Gasteiger partial charge in [0, 0.05) is 18.6 Å². The number of aromatic hydroxyl groups is 1. The van der Waals surface area contributed by atoms with Gasteiger partial charge in [-0.3, -0.25) is 19.2 Å². The van der Waals surface area contributed by atoms with Crippen LogP contribution in [0.5, 0.6) is 5.75 Å². The lowest BCUT2D eigenvalue weighted by Crippen LogP contribution is -2.59. The van der Waals surface area contributed by atoms with Crippen LogP contribution >= 0.6 is 12.6 Å². The Morgan fingerprint density at radius 1 is 0.914 bits per heavy atom. The molecule has 4 unspecified atom stereocenters. The Labute approximate surface area is 208 Å². The highest BCUT2D eigenvalue weighted by Gasteiger charge is 2.32. The van der Waals surface area contributed by atoms with Gasteiger partial charge in [-0.15, -0.1) is 0 Å². The number of carbonyl (C=O) groups excluding carboxylic acids is 3. The number of carboxylic acid groups (broad SMARTS) is 2. The van der Waals surface area contributed by atoms with Crippen LogP contribution in [0.3, 0.4) is 0 Å². The van der Waals surface area contributed by atoms with Crippen LogP contribution < -0.4 is 21.7 Å².